The zero-order valence-electron chi connectivity index (χ0n) is 13.4. The number of aromatic nitrogens is 4. The lowest BCUT2D eigenvalue weighted by Crippen LogP contribution is -2.25. The number of carboxylic acids is 1. The van der Waals surface area contributed by atoms with Gasteiger partial charge < -0.3 is 10.4 Å². The van der Waals surface area contributed by atoms with Crippen molar-refractivity contribution in [1.82, 2.24) is 25.5 Å². The number of nitrogens with zero attached hydrogens (tertiary/aromatic N) is 4. The molecule has 0 unspecified atom stereocenters. The first-order chi connectivity index (χ1) is 11.7. The fourth-order valence-corrected chi connectivity index (χ4v) is 2.37. The van der Waals surface area contributed by atoms with Gasteiger partial charge in [-0.1, -0.05) is 31.4 Å². The third-order valence-electron chi connectivity index (χ3n) is 3.60. The summed E-state index contributed by atoms with van der Waals surface area (Å²) in [5, 5.41) is 22.4. The second-order valence-corrected chi connectivity index (χ2v) is 5.44. The van der Waals surface area contributed by atoms with Gasteiger partial charge in [-0.25, -0.2) is 0 Å². The molecular formula is C16H21N5O3. The normalized spacial score (nSPS) is 10.5. The van der Waals surface area contributed by atoms with E-state index in [2.05, 4.69) is 20.8 Å². The molecule has 0 atom stereocenters. The second kappa shape index (κ2) is 9.39. The number of carbonyl (C=O) groups is 2. The lowest BCUT2D eigenvalue weighted by molar-refractivity contribution is -0.137. The highest BCUT2D eigenvalue weighted by atomic mass is 16.4. The largest absolute Gasteiger partial charge is 0.481 e. The van der Waals surface area contributed by atoms with Gasteiger partial charge >= 0.3 is 5.97 Å². The number of hydrogen-bond donors (Lipinski definition) is 2. The Morgan fingerprint density at radius 3 is 2.58 bits per heavy atom. The molecule has 2 rings (SSSR count). The summed E-state index contributed by atoms with van der Waals surface area (Å²) in [6.07, 6.45) is 6.10. The number of carbonyl (C=O) groups excluding carboxylic acids is 1. The molecule has 1 aromatic heterocycles. The molecule has 24 heavy (non-hydrogen) atoms. The molecule has 128 valence electrons. The van der Waals surface area contributed by atoms with Crippen LogP contribution in [0.5, 0.6) is 0 Å². The molecule has 0 saturated heterocycles. The lowest BCUT2D eigenvalue weighted by Gasteiger charge is -2.09. The van der Waals surface area contributed by atoms with Crippen molar-refractivity contribution in [2.75, 3.05) is 6.54 Å². The minimum atomic E-state index is -0.747. The van der Waals surface area contributed by atoms with E-state index in [0.29, 0.717) is 24.2 Å². The standard InChI is InChI=1S/C16H21N5O3/c22-15(23)10-4-2-1-3-7-11-17-16(24)13-8-5-6-9-14(13)21-12-18-19-20-21/h5-6,8-9,12H,1-4,7,10-11H2,(H,17,24)(H,22,23). The van der Waals surface area contributed by atoms with Gasteiger partial charge in [0.15, 0.2) is 0 Å². The van der Waals surface area contributed by atoms with Crippen molar-refractivity contribution in [1.29, 1.82) is 0 Å². The number of amides is 1. The molecule has 2 aromatic rings. The van der Waals surface area contributed by atoms with E-state index in [4.69, 9.17) is 5.11 Å². The zero-order valence-corrected chi connectivity index (χ0v) is 13.4. The van der Waals surface area contributed by atoms with Crippen molar-refractivity contribution in [3.05, 3.63) is 36.2 Å². The van der Waals surface area contributed by atoms with Crippen LogP contribution in [-0.4, -0.2) is 43.7 Å². The maximum absolute atomic E-state index is 12.3. The minimum absolute atomic E-state index is 0.160. The number of rotatable bonds is 10. The summed E-state index contributed by atoms with van der Waals surface area (Å²) in [6.45, 7) is 0.585. The van der Waals surface area contributed by atoms with Gasteiger partial charge in [0.25, 0.3) is 5.91 Å². The van der Waals surface area contributed by atoms with Crippen LogP contribution in [0.1, 0.15) is 48.9 Å². The van der Waals surface area contributed by atoms with Gasteiger partial charge in [-0.3, -0.25) is 9.59 Å². The smallest absolute Gasteiger partial charge is 0.303 e. The Labute approximate surface area is 139 Å². The van der Waals surface area contributed by atoms with E-state index >= 15 is 0 Å². The van der Waals surface area contributed by atoms with Crippen LogP contribution >= 0.6 is 0 Å². The SMILES string of the molecule is O=C(O)CCCCCCCNC(=O)c1ccccc1-n1cnnn1. The molecule has 0 fully saturated rings. The fraction of sp³-hybridized carbons (Fsp3) is 0.438. The number of nitrogens with one attached hydrogen (secondary N) is 1. The Morgan fingerprint density at radius 1 is 1.08 bits per heavy atom. The van der Waals surface area contributed by atoms with Gasteiger partial charge in [-0.15, -0.1) is 5.10 Å². The predicted molar refractivity (Wildman–Crippen MR) is 86.8 cm³/mol. The van der Waals surface area contributed by atoms with Crippen molar-refractivity contribution in [2.24, 2.45) is 0 Å². The van der Waals surface area contributed by atoms with E-state index in [0.717, 1.165) is 25.7 Å². The number of unbranched alkanes of at least 4 members (excludes halogenated alkanes) is 4. The molecule has 1 amide bonds. The maximum Gasteiger partial charge on any atom is 0.303 e. The number of aliphatic carboxylic acids is 1. The van der Waals surface area contributed by atoms with Crippen molar-refractivity contribution in [2.45, 2.75) is 38.5 Å². The van der Waals surface area contributed by atoms with Crippen LogP contribution in [-0.2, 0) is 4.79 Å². The molecule has 0 radical (unpaired) electrons. The molecule has 8 nitrogen and oxygen atoms in total. The van der Waals surface area contributed by atoms with E-state index in [9.17, 15) is 9.59 Å². The van der Waals surface area contributed by atoms with Crippen molar-refractivity contribution in [3.63, 3.8) is 0 Å². The van der Waals surface area contributed by atoms with E-state index in [1.54, 1.807) is 18.2 Å². The number of hydrogen-bond acceptors (Lipinski definition) is 5. The number of tetrazole rings is 1. The van der Waals surface area contributed by atoms with Gasteiger partial charge in [-0.2, -0.15) is 4.68 Å². The molecule has 0 aliphatic rings. The molecule has 2 N–H and O–H groups in total. The first-order valence-corrected chi connectivity index (χ1v) is 8.01. The third kappa shape index (κ3) is 5.45. The summed E-state index contributed by atoms with van der Waals surface area (Å²) in [5.41, 5.74) is 1.15. The van der Waals surface area contributed by atoms with Crippen LogP contribution in [0.25, 0.3) is 5.69 Å². The third-order valence-corrected chi connectivity index (χ3v) is 3.60. The van der Waals surface area contributed by atoms with E-state index in [-0.39, 0.29) is 12.3 Å². The molecule has 0 aliphatic heterocycles. The van der Waals surface area contributed by atoms with Crippen LogP contribution in [0.2, 0.25) is 0 Å². The summed E-state index contributed by atoms with van der Waals surface area (Å²) < 4.78 is 1.46. The Bertz CT molecular complexity index is 657. The highest BCUT2D eigenvalue weighted by Crippen LogP contribution is 2.12. The van der Waals surface area contributed by atoms with Gasteiger partial charge in [0, 0.05) is 13.0 Å². The molecular weight excluding hydrogens is 310 g/mol. The van der Waals surface area contributed by atoms with Gasteiger partial charge in [0.1, 0.15) is 6.33 Å². The average Bonchev–Trinajstić information content (AvgIpc) is 3.11. The molecule has 0 saturated carbocycles. The number of para-hydroxylation sites is 1. The molecule has 1 aromatic carbocycles. The van der Waals surface area contributed by atoms with Crippen LogP contribution in [0, 0.1) is 0 Å². The Balaban J connectivity index is 1.73. The summed E-state index contributed by atoms with van der Waals surface area (Å²) in [4.78, 5) is 22.7. The van der Waals surface area contributed by atoms with E-state index in [1.165, 1.54) is 11.0 Å². The molecule has 1 heterocycles. The van der Waals surface area contributed by atoms with Gasteiger partial charge in [-0.05, 0) is 35.4 Å². The van der Waals surface area contributed by atoms with Crippen molar-refractivity contribution >= 4 is 11.9 Å². The second-order valence-electron chi connectivity index (χ2n) is 5.44. The van der Waals surface area contributed by atoms with E-state index < -0.39 is 5.97 Å². The Hall–Kier alpha value is -2.77. The lowest BCUT2D eigenvalue weighted by atomic mass is 10.1. The minimum Gasteiger partial charge on any atom is -0.481 e. The van der Waals surface area contributed by atoms with Crippen LogP contribution in [0.4, 0.5) is 0 Å². The van der Waals surface area contributed by atoms with Crippen molar-refractivity contribution in [3.8, 4) is 5.69 Å². The first-order valence-electron chi connectivity index (χ1n) is 8.01. The summed E-state index contributed by atoms with van der Waals surface area (Å²) in [5.74, 6) is -0.907. The Kier molecular flexibility index (Phi) is 6.88. The monoisotopic (exact) mass is 331 g/mol. The highest BCUT2D eigenvalue weighted by molar-refractivity contribution is 5.97. The molecule has 0 bridgehead atoms. The Morgan fingerprint density at radius 2 is 1.83 bits per heavy atom. The molecule has 8 heteroatoms. The zero-order chi connectivity index (χ0) is 17.2. The van der Waals surface area contributed by atoms with Gasteiger partial charge in [0.2, 0.25) is 0 Å². The fourth-order valence-electron chi connectivity index (χ4n) is 2.37. The molecule has 0 aliphatic carbocycles. The van der Waals surface area contributed by atoms with Crippen LogP contribution in [0.3, 0.4) is 0 Å². The van der Waals surface area contributed by atoms with Gasteiger partial charge in [0.05, 0.1) is 11.3 Å². The van der Waals surface area contributed by atoms with E-state index in [1.807, 2.05) is 6.07 Å². The quantitative estimate of drug-likeness (QED) is 0.643. The predicted octanol–water partition coefficient (Wildman–Crippen LogP) is 1.82. The van der Waals surface area contributed by atoms with Crippen molar-refractivity contribution < 1.29 is 14.7 Å². The topological polar surface area (TPSA) is 110 Å². The highest BCUT2D eigenvalue weighted by Gasteiger charge is 2.12. The van der Waals surface area contributed by atoms with Crippen LogP contribution < -0.4 is 5.32 Å². The summed E-state index contributed by atoms with van der Waals surface area (Å²) in [6, 6.07) is 7.14. The summed E-state index contributed by atoms with van der Waals surface area (Å²) >= 11 is 0. The number of carboxylic acid groups (broad SMARTS) is 1. The maximum atomic E-state index is 12.3. The number of benzene rings is 1. The molecule has 0 spiro atoms. The average molecular weight is 331 g/mol. The van der Waals surface area contributed by atoms with Crippen LogP contribution in [0.15, 0.2) is 30.6 Å². The summed E-state index contributed by atoms with van der Waals surface area (Å²) in [7, 11) is 0. The first kappa shape index (κ1) is 17.6.